The van der Waals surface area contributed by atoms with E-state index in [-0.39, 0.29) is 24.2 Å². The molecule has 1 atom stereocenters. The number of para-hydroxylation sites is 2. The number of hydrogen-bond donors (Lipinski definition) is 0. The Morgan fingerprint density at radius 1 is 1.00 bits per heavy atom. The maximum Gasteiger partial charge on any atom is 0.270 e. The van der Waals surface area contributed by atoms with Crippen LogP contribution in [-0.2, 0) is 16.1 Å². The number of fused-ring (bicyclic) bond motifs is 1. The number of nitro groups is 1. The lowest BCUT2D eigenvalue weighted by Crippen LogP contribution is -2.45. The van der Waals surface area contributed by atoms with Crippen LogP contribution >= 0.6 is 0 Å². The molecule has 0 bridgehead atoms. The van der Waals surface area contributed by atoms with Crippen molar-refractivity contribution in [3.05, 3.63) is 124 Å². The zero-order valence-electron chi connectivity index (χ0n) is 22.5. The van der Waals surface area contributed by atoms with Gasteiger partial charge in [0.2, 0.25) is 11.8 Å². The molecule has 1 aliphatic heterocycles. The predicted molar refractivity (Wildman–Crippen MR) is 154 cm³/mol. The number of anilines is 1. The first-order valence-corrected chi connectivity index (χ1v) is 13.2. The van der Waals surface area contributed by atoms with Crippen molar-refractivity contribution in [2.75, 3.05) is 4.90 Å². The monoisotopic (exact) mass is 560 g/mol. The summed E-state index contributed by atoms with van der Waals surface area (Å²) in [6.07, 6.45) is -0.224. The number of aryl methyl sites for hydroxylation is 1. The number of amides is 3. The smallest absolute Gasteiger partial charge is 0.270 e. The summed E-state index contributed by atoms with van der Waals surface area (Å²) in [7, 11) is 0. The van der Waals surface area contributed by atoms with E-state index >= 15 is 0 Å². The summed E-state index contributed by atoms with van der Waals surface area (Å²) in [4.78, 5) is 58.4. The minimum Gasteiger partial charge on any atom is -0.436 e. The van der Waals surface area contributed by atoms with Crippen LogP contribution in [0.15, 0.2) is 101 Å². The molecule has 0 saturated carbocycles. The van der Waals surface area contributed by atoms with Crippen molar-refractivity contribution in [2.24, 2.45) is 0 Å². The number of carbonyl (C=O) groups is 3. The molecule has 42 heavy (non-hydrogen) atoms. The number of aromatic nitrogens is 1. The lowest BCUT2D eigenvalue weighted by atomic mass is 10.1. The minimum atomic E-state index is -1.10. The van der Waals surface area contributed by atoms with Gasteiger partial charge in [0.1, 0.15) is 11.6 Å². The summed E-state index contributed by atoms with van der Waals surface area (Å²) in [5.74, 6) is -1.19. The first-order valence-electron chi connectivity index (χ1n) is 13.2. The summed E-state index contributed by atoms with van der Waals surface area (Å²) < 4.78 is 5.82. The van der Waals surface area contributed by atoms with E-state index in [1.807, 2.05) is 55.5 Å². The third-order valence-corrected chi connectivity index (χ3v) is 7.20. The van der Waals surface area contributed by atoms with Crippen LogP contribution in [0, 0.1) is 17.0 Å². The Hall–Kier alpha value is -5.64. The molecular formula is C32H24N4O6. The maximum absolute atomic E-state index is 13.8. The fourth-order valence-corrected chi connectivity index (χ4v) is 5.01. The standard InChI is InChI=1S/C32H24N4O6/c1-20-9-11-21(12-10-20)19-34(31(38)23-5-4-6-25(17-23)36(40)41)27-18-29(37)35(32(27)39)24-15-13-22(14-16-24)30-33-26-7-2-3-8-28(26)42-30/h2-17,27H,18-19H2,1H3. The molecule has 208 valence electrons. The maximum atomic E-state index is 13.8. The summed E-state index contributed by atoms with van der Waals surface area (Å²) >= 11 is 0. The number of hydrogen-bond acceptors (Lipinski definition) is 7. The number of nitrogens with zero attached hydrogens (tertiary/aromatic N) is 4. The minimum absolute atomic E-state index is 0.0377. The van der Waals surface area contributed by atoms with Gasteiger partial charge >= 0.3 is 0 Å². The second-order valence-electron chi connectivity index (χ2n) is 10.0. The number of carbonyl (C=O) groups excluding carboxylic acids is 3. The van der Waals surface area contributed by atoms with Crippen LogP contribution in [0.2, 0.25) is 0 Å². The Balaban J connectivity index is 1.30. The van der Waals surface area contributed by atoms with E-state index in [9.17, 15) is 24.5 Å². The molecule has 6 rings (SSSR count). The Labute approximate surface area is 240 Å². The first-order chi connectivity index (χ1) is 20.3. The van der Waals surface area contributed by atoms with Gasteiger partial charge in [-0.1, -0.05) is 48.0 Å². The van der Waals surface area contributed by atoms with Crippen molar-refractivity contribution >= 4 is 40.2 Å². The highest BCUT2D eigenvalue weighted by Crippen LogP contribution is 2.31. The lowest BCUT2D eigenvalue weighted by molar-refractivity contribution is -0.384. The molecule has 1 saturated heterocycles. The molecular weight excluding hydrogens is 536 g/mol. The van der Waals surface area contributed by atoms with Crippen LogP contribution in [0.25, 0.3) is 22.6 Å². The summed E-state index contributed by atoms with van der Waals surface area (Å²) in [5.41, 5.74) is 3.97. The van der Waals surface area contributed by atoms with Crippen molar-refractivity contribution in [2.45, 2.75) is 25.9 Å². The van der Waals surface area contributed by atoms with Gasteiger partial charge in [-0.15, -0.1) is 0 Å². The van der Waals surface area contributed by atoms with Crippen LogP contribution in [0.3, 0.4) is 0 Å². The van der Waals surface area contributed by atoms with Gasteiger partial charge in [-0.05, 0) is 55.0 Å². The molecule has 10 nitrogen and oxygen atoms in total. The van der Waals surface area contributed by atoms with Crippen LogP contribution in [0.4, 0.5) is 11.4 Å². The second-order valence-corrected chi connectivity index (χ2v) is 10.0. The van der Waals surface area contributed by atoms with Crippen molar-refractivity contribution in [3.8, 4) is 11.5 Å². The van der Waals surface area contributed by atoms with Gasteiger partial charge in [0.15, 0.2) is 5.58 Å². The number of benzene rings is 4. The Bertz CT molecular complexity index is 1810. The molecule has 0 radical (unpaired) electrons. The van der Waals surface area contributed by atoms with Gasteiger partial charge in [-0.25, -0.2) is 9.88 Å². The molecule has 10 heteroatoms. The number of non-ortho nitro benzene ring substituents is 1. The molecule has 1 aromatic heterocycles. The van der Waals surface area contributed by atoms with Crippen molar-refractivity contribution < 1.29 is 23.7 Å². The van der Waals surface area contributed by atoms with E-state index in [0.717, 1.165) is 16.0 Å². The van der Waals surface area contributed by atoms with Crippen molar-refractivity contribution in [3.63, 3.8) is 0 Å². The van der Waals surface area contributed by atoms with E-state index in [2.05, 4.69) is 4.98 Å². The highest BCUT2D eigenvalue weighted by atomic mass is 16.6. The Morgan fingerprint density at radius 3 is 2.45 bits per heavy atom. The number of imide groups is 1. The number of nitro benzene ring substituents is 1. The fraction of sp³-hybridized carbons (Fsp3) is 0.125. The summed E-state index contributed by atoms with van der Waals surface area (Å²) in [6.45, 7) is 1.97. The number of oxazole rings is 1. The normalized spacial score (nSPS) is 14.9. The van der Waals surface area contributed by atoms with Gasteiger partial charge < -0.3 is 9.32 Å². The second kappa shape index (κ2) is 10.7. The highest BCUT2D eigenvalue weighted by molar-refractivity contribution is 6.23. The molecule has 0 N–H and O–H groups in total. The van der Waals surface area contributed by atoms with E-state index in [0.29, 0.717) is 28.2 Å². The molecule has 1 fully saturated rings. The molecule has 2 heterocycles. The number of rotatable bonds is 7. The molecule has 3 amide bonds. The van der Waals surface area contributed by atoms with E-state index in [1.54, 1.807) is 24.3 Å². The first kappa shape index (κ1) is 26.6. The van der Waals surface area contributed by atoms with Gasteiger partial charge in [0.05, 0.1) is 17.0 Å². The largest absolute Gasteiger partial charge is 0.436 e. The van der Waals surface area contributed by atoms with Gasteiger partial charge in [0.25, 0.3) is 17.5 Å². The molecule has 1 unspecified atom stereocenters. The Kier molecular flexibility index (Phi) is 6.79. The third-order valence-electron chi connectivity index (χ3n) is 7.20. The molecule has 0 spiro atoms. The van der Waals surface area contributed by atoms with Crippen molar-refractivity contribution in [1.29, 1.82) is 0 Å². The fourth-order valence-electron chi connectivity index (χ4n) is 5.01. The van der Waals surface area contributed by atoms with Crippen molar-refractivity contribution in [1.82, 2.24) is 9.88 Å². The lowest BCUT2D eigenvalue weighted by Gasteiger charge is -2.28. The quantitative estimate of drug-likeness (QED) is 0.142. The van der Waals surface area contributed by atoms with Crippen LogP contribution < -0.4 is 4.90 Å². The Morgan fingerprint density at radius 2 is 1.74 bits per heavy atom. The molecule has 1 aliphatic rings. The highest BCUT2D eigenvalue weighted by Gasteiger charge is 2.44. The van der Waals surface area contributed by atoms with E-state index in [1.165, 1.54) is 29.2 Å². The average Bonchev–Trinajstić information content (AvgIpc) is 3.57. The van der Waals surface area contributed by atoms with Crippen LogP contribution in [-0.4, -0.2) is 38.6 Å². The summed E-state index contributed by atoms with van der Waals surface area (Å²) in [5, 5.41) is 11.3. The topological polar surface area (TPSA) is 127 Å². The van der Waals surface area contributed by atoms with Gasteiger partial charge in [-0.3, -0.25) is 24.5 Å². The predicted octanol–water partition coefficient (Wildman–Crippen LogP) is 5.69. The zero-order valence-corrected chi connectivity index (χ0v) is 22.5. The van der Waals surface area contributed by atoms with Gasteiger partial charge in [0, 0.05) is 29.8 Å². The SMILES string of the molecule is Cc1ccc(CN(C(=O)c2cccc([N+](=O)[O-])c2)C2CC(=O)N(c3ccc(-c4nc5ccccc5o4)cc3)C2=O)cc1. The van der Waals surface area contributed by atoms with Crippen LogP contribution in [0.5, 0.6) is 0 Å². The zero-order chi connectivity index (χ0) is 29.4. The molecule has 0 aliphatic carbocycles. The van der Waals surface area contributed by atoms with E-state index < -0.39 is 28.7 Å². The molecule has 5 aromatic rings. The molecule has 4 aromatic carbocycles. The van der Waals surface area contributed by atoms with E-state index in [4.69, 9.17) is 4.42 Å². The third kappa shape index (κ3) is 5.01. The average molecular weight is 561 g/mol. The van der Waals surface area contributed by atoms with Crippen LogP contribution in [0.1, 0.15) is 27.9 Å². The van der Waals surface area contributed by atoms with Gasteiger partial charge in [-0.2, -0.15) is 0 Å². The summed E-state index contributed by atoms with van der Waals surface area (Å²) in [6, 6.07) is 25.8.